The highest BCUT2D eigenvalue weighted by atomic mass is 35.5. The van der Waals surface area contributed by atoms with E-state index in [1.165, 1.54) is 36.4 Å². The predicted molar refractivity (Wildman–Crippen MR) is 151 cm³/mol. The predicted octanol–water partition coefficient (Wildman–Crippen LogP) is 6.85. The topological polar surface area (TPSA) is 113 Å². The Kier molecular flexibility index (Phi) is 8.71. The number of nitriles is 1. The minimum atomic E-state index is -5.36. The van der Waals surface area contributed by atoms with Crippen LogP contribution in [0.15, 0.2) is 42.5 Å². The second-order valence-electron chi connectivity index (χ2n) is 11.7. The van der Waals surface area contributed by atoms with Crippen LogP contribution in [-0.2, 0) is 34.8 Å². The van der Waals surface area contributed by atoms with Gasteiger partial charge in [0, 0.05) is 29.6 Å². The van der Waals surface area contributed by atoms with Crippen LogP contribution < -0.4 is 5.32 Å². The van der Waals surface area contributed by atoms with Crippen molar-refractivity contribution < 1.29 is 40.8 Å². The largest absolute Gasteiger partial charge is 0.493 e. The minimum Gasteiger partial charge on any atom is -0.335 e. The second kappa shape index (κ2) is 12.1. The molecule has 6 rings (SSSR count). The molecule has 46 heavy (non-hydrogen) atoms. The quantitative estimate of drug-likeness (QED) is 0.227. The summed E-state index contributed by atoms with van der Waals surface area (Å²) in [5, 5.41) is 20.3. The normalized spacial score (nSPS) is 21.0. The monoisotopic (exact) mass is 668 g/mol. The average Bonchev–Trinajstić information content (AvgIpc) is 3.42. The zero-order valence-electron chi connectivity index (χ0n) is 24.3. The molecule has 9 nitrogen and oxygen atoms in total. The van der Waals surface area contributed by atoms with Crippen molar-refractivity contribution in [1.29, 1.82) is 5.26 Å². The van der Waals surface area contributed by atoms with E-state index in [1.807, 2.05) is 6.07 Å². The number of benzene rings is 2. The summed E-state index contributed by atoms with van der Waals surface area (Å²) in [6, 6.07) is 9.90. The molecule has 0 unspecified atom stereocenters. The van der Waals surface area contributed by atoms with Crippen LogP contribution in [0.5, 0.6) is 0 Å². The third kappa shape index (κ3) is 6.48. The van der Waals surface area contributed by atoms with Crippen molar-refractivity contribution in [3.63, 3.8) is 0 Å². The van der Waals surface area contributed by atoms with Gasteiger partial charge in [0.2, 0.25) is 0 Å². The fourth-order valence-electron chi connectivity index (χ4n) is 6.36. The number of fused-ring (bicyclic) bond motifs is 3. The Hall–Kier alpha value is -4.32. The molecule has 244 valence electrons. The molecule has 1 heterocycles. The highest BCUT2D eigenvalue weighted by Crippen LogP contribution is 2.57. The number of nitrogens with zero attached hydrogens (tertiary/aromatic N) is 5. The molecule has 0 radical (unpaired) electrons. The Bertz CT molecular complexity index is 1670. The summed E-state index contributed by atoms with van der Waals surface area (Å²) in [4.78, 5) is 29.1. The summed E-state index contributed by atoms with van der Waals surface area (Å²) in [5.41, 5.74) is -1.41. The number of amides is 2. The summed E-state index contributed by atoms with van der Waals surface area (Å²) >= 11 is 6.14. The molecular weight excluding hydrogens is 642 g/mol. The van der Waals surface area contributed by atoms with Gasteiger partial charge in [-0.3, -0.25) is 0 Å². The van der Waals surface area contributed by atoms with Gasteiger partial charge in [0.1, 0.15) is 5.82 Å². The van der Waals surface area contributed by atoms with Gasteiger partial charge in [-0.15, -0.1) is 15.3 Å². The number of halogens is 7. The molecule has 3 aliphatic carbocycles. The number of hydroxylamine groups is 2. The van der Waals surface area contributed by atoms with Crippen LogP contribution in [0.25, 0.3) is 11.4 Å². The summed E-state index contributed by atoms with van der Waals surface area (Å²) < 4.78 is 81.7. The summed E-state index contributed by atoms with van der Waals surface area (Å²) in [5.74, 6) is -1.92. The molecule has 16 heteroatoms. The molecule has 0 aliphatic heterocycles. The van der Waals surface area contributed by atoms with E-state index in [0.717, 1.165) is 6.07 Å². The molecule has 0 atom stereocenters. The molecule has 3 aromatic rings. The van der Waals surface area contributed by atoms with Crippen LogP contribution in [0.2, 0.25) is 5.02 Å². The van der Waals surface area contributed by atoms with Gasteiger partial charge in [-0.05, 0) is 67.7 Å². The molecule has 3 fully saturated rings. The van der Waals surface area contributed by atoms with Crippen LogP contribution in [0.4, 0.5) is 31.1 Å². The lowest BCUT2D eigenvalue weighted by molar-refractivity contribution is -0.229. The fraction of sp³-hybridized carbons (Fsp3) is 0.433. The van der Waals surface area contributed by atoms with Gasteiger partial charge < -0.3 is 14.7 Å². The zero-order valence-corrected chi connectivity index (χ0v) is 25.1. The van der Waals surface area contributed by atoms with Crippen molar-refractivity contribution >= 4 is 23.6 Å². The minimum absolute atomic E-state index is 0.0109. The average molecular weight is 669 g/mol. The van der Waals surface area contributed by atoms with Crippen molar-refractivity contribution in [3.8, 4) is 17.5 Å². The molecule has 2 aromatic carbocycles. The Morgan fingerprint density at radius 1 is 1.04 bits per heavy atom. The van der Waals surface area contributed by atoms with Crippen LogP contribution in [0.3, 0.4) is 0 Å². The molecule has 1 aromatic heterocycles. The van der Waals surface area contributed by atoms with E-state index in [9.17, 15) is 35.9 Å². The maximum atomic E-state index is 13.7. The molecule has 1 N–H and O–H groups in total. The van der Waals surface area contributed by atoms with Crippen molar-refractivity contribution in [2.75, 3.05) is 6.54 Å². The maximum Gasteiger partial charge on any atom is 0.493 e. The molecular formula is C30H27ClF6N6O3. The highest BCUT2D eigenvalue weighted by Gasteiger charge is 2.52. The number of urea groups is 1. The SMILES string of the molecule is Cn1c(-c2ccccc2C(F)(F)F)nnc1C12CCC(CNC(=O)N(Cc3ccc(C#N)cc3Cl)OC(=O)C(F)(F)F)(CC1)CC2. The van der Waals surface area contributed by atoms with E-state index in [-0.39, 0.29) is 39.1 Å². The van der Waals surface area contributed by atoms with Crippen LogP contribution in [0, 0.1) is 16.7 Å². The van der Waals surface area contributed by atoms with Crippen LogP contribution in [0.1, 0.15) is 61.0 Å². The van der Waals surface area contributed by atoms with Gasteiger partial charge in [-0.25, -0.2) is 9.59 Å². The third-order valence-corrected chi connectivity index (χ3v) is 9.34. The smallest absolute Gasteiger partial charge is 0.335 e. The molecule has 3 aliphatic rings. The zero-order chi connectivity index (χ0) is 33.5. The Morgan fingerprint density at radius 3 is 2.28 bits per heavy atom. The fourth-order valence-corrected chi connectivity index (χ4v) is 6.60. The van der Waals surface area contributed by atoms with E-state index in [1.54, 1.807) is 11.6 Å². The van der Waals surface area contributed by atoms with Crippen molar-refractivity contribution in [2.24, 2.45) is 12.5 Å². The third-order valence-electron chi connectivity index (χ3n) is 8.99. The summed E-state index contributed by atoms with van der Waals surface area (Å²) in [7, 11) is 1.64. The molecule has 0 saturated heterocycles. The second-order valence-corrected chi connectivity index (χ2v) is 12.1. The number of rotatable bonds is 6. The first-order valence-corrected chi connectivity index (χ1v) is 14.5. The van der Waals surface area contributed by atoms with Crippen LogP contribution in [-0.4, -0.2) is 44.5 Å². The van der Waals surface area contributed by atoms with Gasteiger partial charge in [-0.2, -0.15) is 31.6 Å². The van der Waals surface area contributed by atoms with Crippen molar-refractivity contribution in [3.05, 3.63) is 70.0 Å². The maximum absolute atomic E-state index is 13.7. The molecule has 2 bridgehead atoms. The van der Waals surface area contributed by atoms with E-state index < -0.39 is 47.3 Å². The lowest BCUT2D eigenvalue weighted by Crippen LogP contribution is -2.52. The van der Waals surface area contributed by atoms with Gasteiger partial charge in [-0.1, -0.05) is 35.9 Å². The summed E-state index contributed by atoms with van der Waals surface area (Å²) in [6.45, 7) is -0.535. The highest BCUT2D eigenvalue weighted by molar-refractivity contribution is 6.31. The van der Waals surface area contributed by atoms with Gasteiger partial charge in [0.05, 0.1) is 23.7 Å². The lowest BCUT2D eigenvalue weighted by Gasteiger charge is -2.53. The Balaban J connectivity index is 1.28. The first kappa shape index (κ1) is 33.1. The van der Waals surface area contributed by atoms with E-state index in [4.69, 9.17) is 16.9 Å². The van der Waals surface area contributed by atoms with Crippen molar-refractivity contribution in [1.82, 2.24) is 25.1 Å². The van der Waals surface area contributed by atoms with Gasteiger partial charge in [0.15, 0.2) is 5.82 Å². The van der Waals surface area contributed by atoms with E-state index >= 15 is 0 Å². The number of alkyl halides is 6. The molecule has 2 amide bonds. The first-order chi connectivity index (χ1) is 21.6. The number of hydrogen-bond donors (Lipinski definition) is 1. The van der Waals surface area contributed by atoms with E-state index in [2.05, 4.69) is 20.4 Å². The van der Waals surface area contributed by atoms with Gasteiger partial charge >= 0.3 is 24.4 Å². The van der Waals surface area contributed by atoms with Gasteiger partial charge in [0.25, 0.3) is 0 Å². The summed E-state index contributed by atoms with van der Waals surface area (Å²) in [6.07, 6.45) is -6.35. The lowest BCUT2D eigenvalue weighted by atomic mass is 9.53. The van der Waals surface area contributed by atoms with Crippen LogP contribution >= 0.6 is 11.6 Å². The van der Waals surface area contributed by atoms with Crippen molar-refractivity contribution in [2.45, 2.75) is 62.8 Å². The number of aromatic nitrogens is 3. The number of carbonyl (C=O) groups is 2. The number of nitrogens with one attached hydrogen (secondary N) is 1. The number of hydrogen-bond acceptors (Lipinski definition) is 6. The molecule has 0 spiro atoms. The molecule has 3 saturated carbocycles. The number of carbonyl (C=O) groups excluding carboxylic acids is 2. The van der Waals surface area contributed by atoms with E-state index in [0.29, 0.717) is 44.3 Å². The first-order valence-electron chi connectivity index (χ1n) is 14.2. The standard InChI is InChI=1S/C30H27ClF6N6O3/c1-42-23(20-4-2-3-5-21(20)29(32,33)34)40-41-24(42)28-11-8-27(9-12-28,10-13-28)17-39-26(45)43(46-25(44)30(35,36)37)16-19-7-6-18(15-38)14-22(19)31/h2-7,14H,8-13,16-17H2,1H3,(H,39,45). The Labute approximate surface area is 264 Å². The Morgan fingerprint density at radius 2 is 1.70 bits per heavy atom.